The van der Waals surface area contributed by atoms with Crippen molar-refractivity contribution in [3.05, 3.63) is 16.1 Å². The Kier molecular flexibility index (Phi) is 7.80. The van der Waals surface area contributed by atoms with Gasteiger partial charge in [0.05, 0.1) is 6.54 Å². The van der Waals surface area contributed by atoms with Gasteiger partial charge >= 0.3 is 6.09 Å². The molecule has 1 heterocycles. The molecular formula is C15H27N5O2S. The first-order valence-electron chi connectivity index (χ1n) is 7.63. The molecule has 0 aliphatic carbocycles. The molecule has 23 heavy (non-hydrogen) atoms. The number of thiazole rings is 1. The van der Waals surface area contributed by atoms with E-state index in [9.17, 15) is 4.79 Å². The molecule has 3 N–H and O–H groups in total. The van der Waals surface area contributed by atoms with Crippen molar-refractivity contribution >= 4 is 23.4 Å². The van der Waals surface area contributed by atoms with Crippen LogP contribution in [0.5, 0.6) is 0 Å². The maximum absolute atomic E-state index is 11.5. The predicted octanol–water partition coefficient (Wildman–Crippen LogP) is 2.03. The van der Waals surface area contributed by atoms with Gasteiger partial charge in [-0.2, -0.15) is 0 Å². The molecule has 0 spiro atoms. The highest BCUT2D eigenvalue weighted by atomic mass is 32.1. The average molecular weight is 341 g/mol. The standard InChI is InChI=1S/C15H27N5O2S/c1-11-9-19-12(23-11)10-20-13(16-5)17-7-6-8-18-14(21)22-15(2,3)4/h9H,6-8,10H2,1-5H3,(H,18,21)(H2,16,17,20). The second kappa shape index (κ2) is 9.34. The molecule has 0 aliphatic rings. The Morgan fingerprint density at radius 3 is 2.57 bits per heavy atom. The van der Waals surface area contributed by atoms with E-state index in [1.165, 1.54) is 4.88 Å². The summed E-state index contributed by atoms with van der Waals surface area (Å²) in [6.07, 6.45) is 2.25. The topological polar surface area (TPSA) is 87.6 Å². The van der Waals surface area contributed by atoms with Crippen LogP contribution in [0.1, 0.15) is 37.1 Å². The molecule has 0 bridgehead atoms. The first kappa shape index (κ1) is 19.2. The van der Waals surface area contributed by atoms with Gasteiger partial charge in [0.1, 0.15) is 10.6 Å². The fourth-order valence-electron chi connectivity index (χ4n) is 1.66. The lowest BCUT2D eigenvalue weighted by Gasteiger charge is -2.19. The number of amides is 1. The highest BCUT2D eigenvalue weighted by Gasteiger charge is 2.15. The summed E-state index contributed by atoms with van der Waals surface area (Å²) in [6, 6.07) is 0. The zero-order valence-corrected chi connectivity index (χ0v) is 15.3. The van der Waals surface area contributed by atoms with Crippen molar-refractivity contribution < 1.29 is 9.53 Å². The Morgan fingerprint density at radius 2 is 2.00 bits per heavy atom. The van der Waals surface area contributed by atoms with E-state index < -0.39 is 5.60 Å². The molecule has 0 saturated carbocycles. The van der Waals surface area contributed by atoms with Crippen molar-refractivity contribution in [2.75, 3.05) is 20.1 Å². The van der Waals surface area contributed by atoms with E-state index in [2.05, 4.69) is 25.9 Å². The molecule has 7 nitrogen and oxygen atoms in total. The van der Waals surface area contributed by atoms with Gasteiger partial charge in [-0.1, -0.05) is 0 Å². The molecule has 0 atom stereocenters. The van der Waals surface area contributed by atoms with E-state index in [0.29, 0.717) is 19.6 Å². The van der Waals surface area contributed by atoms with Gasteiger partial charge in [-0.15, -0.1) is 11.3 Å². The van der Waals surface area contributed by atoms with Gasteiger partial charge < -0.3 is 20.7 Å². The molecule has 1 aromatic rings. The number of rotatable bonds is 6. The van der Waals surface area contributed by atoms with Gasteiger partial charge in [-0.3, -0.25) is 4.99 Å². The SMILES string of the molecule is CN=C(NCCCNC(=O)OC(C)(C)C)NCc1ncc(C)s1. The van der Waals surface area contributed by atoms with Crippen molar-refractivity contribution in [3.63, 3.8) is 0 Å². The average Bonchev–Trinajstić information content (AvgIpc) is 2.85. The second-order valence-corrected chi connectivity index (χ2v) is 7.32. The number of alkyl carbamates (subject to hydrolysis) is 1. The van der Waals surface area contributed by atoms with Crippen LogP contribution in [0.2, 0.25) is 0 Å². The van der Waals surface area contributed by atoms with E-state index in [4.69, 9.17) is 4.74 Å². The quantitative estimate of drug-likeness (QED) is 0.419. The van der Waals surface area contributed by atoms with Gasteiger partial charge in [-0.05, 0) is 34.1 Å². The number of ether oxygens (including phenoxy) is 1. The molecule has 0 fully saturated rings. The molecule has 130 valence electrons. The fraction of sp³-hybridized carbons (Fsp3) is 0.667. The molecule has 0 aromatic carbocycles. The third-order valence-corrected chi connectivity index (χ3v) is 3.53. The summed E-state index contributed by atoms with van der Waals surface area (Å²) in [4.78, 5) is 21.1. The highest BCUT2D eigenvalue weighted by Crippen LogP contribution is 2.10. The Labute approximate surface area is 141 Å². The fourth-order valence-corrected chi connectivity index (χ4v) is 2.39. The lowest BCUT2D eigenvalue weighted by atomic mass is 10.2. The van der Waals surface area contributed by atoms with Crippen LogP contribution in [-0.4, -0.2) is 42.8 Å². The normalized spacial score (nSPS) is 12.0. The summed E-state index contributed by atoms with van der Waals surface area (Å²) in [7, 11) is 1.72. The van der Waals surface area contributed by atoms with E-state index in [0.717, 1.165) is 17.4 Å². The summed E-state index contributed by atoms with van der Waals surface area (Å²) in [5, 5.41) is 10.1. The minimum Gasteiger partial charge on any atom is -0.444 e. The molecule has 1 aromatic heterocycles. The third kappa shape index (κ3) is 9.02. The lowest BCUT2D eigenvalue weighted by Crippen LogP contribution is -2.39. The van der Waals surface area contributed by atoms with Crippen LogP contribution in [0.3, 0.4) is 0 Å². The Bertz CT molecular complexity index is 522. The smallest absolute Gasteiger partial charge is 0.407 e. The summed E-state index contributed by atoms with van der Waals surface area (Å²) in [6.45, 7) is 9.45. The number of nitrogens with one attached hydrogen (secondary N) is 3. The zero-order valence-electron chi connectivity index (χ0n) is 14.5. The number of guanidine groups is 1. The molecule has 0 aliphatic heterocycles. The molecule has 0 unspecified atom stereocenters. The number of carbonyl (C=O) groups excluding carboxylic acids is 1. The third-order valence-electron chi connectivity index (χ3n) is 2.61. The second-order valence-electron chi connectivity index (χ2n) is 6.00. The summed E-state index contributed by atoms with van der Waals surface area (Å²) in [5.74, 6) is 0.718. The predicted molar refractivity (Wildman–Crippen MR) is 93.9 cm³/mol. The summed E-state index contributed by atoms with van der Waals surface area (Å²) >= 11 is 1.66. The largest absolute Gasteiger partial charge is 0.444 e. The molecular weight excluding hydrogens is 314 g/mol. The summed E-state index contributed by atoms with van der Waals surface area (Å²) in [5.41, 5.74) is -0.470. The van der Waals surface area contributed by atoms with Crippen LogP contribution in [-0.2, 0) is 11.3 Å². The van der Waals surface area contributed by atoms with Crippen molar-refractivity contribution in [1.29, 1.82) is 0 Å². The van der Waals surface area contributed by atoms with Crippen LogP contribution < -0.4 is 16.0 Å². The number of nitrogens with zero attached hydrogens (tertiary/aromatic N) is 2. The van der Waals surface area contributed by atoms with Crippen LogP contribution >= 0.6 is 11.3 Å². The monoisotopic (exact) mass is 341 g/mol. The molecule has 0 saturated heterocycles. The van der Waals surface area contributed by atoms with Crippen LogP contribution in [0.15, 0.2) is 11.2 Å². The number of aromatic nitrogens is 1. The maximum Gasteiger partial charge on any atom is 0.407 e. The first-order chi connectivity index (χ1) is 10.8. The molecule has 8 heteroatoms. The Hall–Kier alpha value is -1.83. The number of aliphatic imine (C=N–C) groups is 1. The highest BCUT2D eigenvalue weighted by molar-refractivity contribution is 7.11. The van der Waals surface area contributed by atoms with E-state index in [1.54, 1.807) is 18.4 Å². The van der Waals surface area contributed by atoms with Crippen molar-refractivity contribution in [1.82, 2.24) is 20.9 Å². The number of aryl methyl sites for hydroxylation is 1. The molecule has 1 amide bonds. The Balaban J connectivity index is 2.14. The van der Waals surface area contributed by atoms with Crippen molar-refractivity contribution in [3.8, 4) is 0 Å². The van der Waals surface area contributed by atoms with Gasteiger partial charge in [0, 0.05) is 31.2 Å². The maximum atomic E-state index is 11.5. The van der Waals surface area contributed by atoms with Gasteiger partial charge in [0.15, 0.2) is 5.96 Å². The lowest BCUT2D eigenvalue weighted by molar-refractivity contribution is 0.0527. The minimum atomic E-state index is -0.470. The minimum absolute atomic E-state index is 0.390. The number of carbonyl (C=O) groups is 1. The van der Waals surface area contributed by atoms with Gasteiger partial charge in [-0.25, -0.2) is 9.78 Å². The number of hydrogen-bond donors (Lipinski definition) is 3. The number of hydrogen-bond acceptors (Lipinski definition) is 5. The van der Waals surface area contributed by atoms with Gasteiger partial charge in [0.25, 0.3) is 0 Å². The summed E-state index contributed by atoms with van der Waals surface area (Å²) < 4.78 is 5.16. The van der Waals surface area contributed by atoms with E-state index in [-0.39, 0.29) is 6.09 Å². The van der Waals surface area contributed by atoms with E-state index >= 15 is 0 Å². The zero-order chi connectivity index (χ0) is 17.3. The van der Waals surface area contributed by atoms with Crippen LogP contribution in [0.25, 0.3) is 0 Å². The van der Waals surface area contributed by atoms with E-state index in [1.807, 2.05) is 33.9 Å². The molecule has 1 rings (SSSR count). The molecule has 0 radical (unpaired) electrons. The van der Waals surface area contributed by atoms with Crippen LogP contribution in [0.4, 0.5) is 4.79 Å². The van der Waals surface area contributed by atoms with Crippen molar-refractivity contribution in [2.45, 2.75) is 46.3 Å². The first-order valence-corrected chi connectivity index (χ1v) is 8.44. The Morgan fingerprint density at radius 1 is 1.30 bits per heavy atom. The van der Waals surface area contributed by atoms with Gasteiger partial charge in [0.2, 0.25) is 0 Å². The van der Waals surface area contributed by atoms with Crippen molar-refractivity contribution in [2.24, 2.45) is 4.99 Å². The van der Waals surface area contributed by atoms with Crippen LogP contribution in [0, 0.1) is 6.92 Å².